The molecule has 1 heterocycles. The van der Waals surface area contributed by atoms with Gasteiger partial charge in [0.15, 0.2) is 0 Å². The quantitative estimate of drug-likeness (QED) is 0.700. The molecule has 1 saturated heterocycles. The third kappa shape index (κ3) is 6.18. The van der Waals surface area contributed by atoms with Crippen molar-refractivity contribution in [2.24, 2.45) is 0 Å². The third-order valence-electron chi connectivity index (χ3n) is 3.66. The van der Waals surface area contributed by atoms with Crippen LogP contribution in [0.2, 0.25) is 0 Å². The Morgan fingerprint density at radius 2 is 1.65 bits per heavy atom. The van der Waals surface area contributed by atoms with Gasteiger partial charge in [-0.1, -0.05) is 15.9 Å². The van der Waals surface area contributed by atoms with Crippen molar-refractivity contribution in [2.75, 3.05) is 51.7 Å². The van der Waals surface area contributed by atoms with Crippen molar-refractivity contribution >= 4 is 15.9 Å². The largest absolute Gasteiger partial charge is 0.379 e. The summed E-state index contributed by atoms with van der Waals surface area (Å²) in [4.78, 5) is 5.13. The molecule has 0 aliphatic carbocycles. The minimum absolute atomic E-state index is 0.0157. The number of rotatable bonds is 6. The highest BCUT2D eigenvalue weighted by molar-refractivity contribution is 9.09. The van der Waals surface area contributed by atoms with E-state index < -0.39 is 0 Å². The van der Waals surface area contributed by atoms with Gasteiger partial charge in [0.05, 0.1) is 5.60 Å². The third-order valence-corrected chi connectivity index (χ3v) is 4.02. The molecule has 4 heteroatoms. The fourth-order valence-corrected chi connectivity index (χ4v) is 2.62. The highest BCUT2D eigenvalue weighted by Gasteiger charge is 2.19. The van der Waals surface area contributed by atoms with E-state index in [9.17, 15) is 0 Å². The van der Waals surface area contributed by atoms with Crippen LogP contribution in [0.1, 0.15) is 26.7 Å². The summed E-state index contributed by atoms with van der Waals surface area (Å²) in [7, 11) is 1.81. The highest BCUT2D eigenvalue weighted by atomic mass is 79.9. The number of halogens is 1. The van der Waals surface area contributed by atoms with Gasteiger partial charge in [-0.2, -0.15) is 0 Å². The van der Waals surface area contributed by atoms with Crippen molar-refractivity contribution in [2.45, 2.75) is 32.3 Å². The lowest BCUT2D eigenvalue weighted by atomic mass is 10.1. The number of nitrogens with zero attached hydrogens (tertiary/aromatic N) is 2. The van der Waals surface area contributed by atoms with E-state index in [4.69, 9.17) is 4.74 Å². The average Bonchev–Trinajstić information content (AvgIpc) is 2.53. The Labute approximate surface area is 115 Å². The second-order valence-electron chi connectivity index (χ2n) is 5.44. The van der Waals surface area contributed by atoms with Gasteiger partial charge in [-0.3, -0.25) is 0 Å². The monoisotopic (exact) mass is 306 g/mol. The first-order valence-corrected chi connectivity index (χ1v) is 7.75. The van der Waals surface area contributed by atoms with Gasteiger partial charge in [0.25, 0.3) is 0 Å². The number of hydrogen-bond donors (Lipinski definition) is 0. The van der Waals surface area contributed by atoms with Crippen molar-refractivity contribution < 1.29 is 4.74 Å². The summed E-state index contributed by atoms with van der Waals surface area (Å²) in [5.41, 5.74) is 0.0157. The average molecular weight is 307 g/mol. The van der Waals surface area contributed by atoms with E-state index in [2.05, 4.69) is 39.6 Å². The predicted octanol–water partition coefficient (Wildman–Crippen LogP) is 2.20. The summed E-state index contributed by atoms with van der Waals surface area (Å²) in [5, 5.41) is 1.09. The van der Waals surface area contributed by atoms with Crippen LogP contribution in [0.25, 0.3) is 0 Å². The van der Waals surface area contributed by atoms with Crippen LogP contribution in [0.5, 0.6) is 0 Å². The molecule has 0 spiro atoms. The normalized spacial score (nSPS) is 20.5. The van der Waals surface area contributed by atoms with Gasteiger partial charge in [-0.15, -0.1) is 0 Å². The van der Waals surface area contributed by atoms with Gasteiger partial charge in [0.1, 0.15) is 0 Å². The Kier molecular flexibility index (Phi) is 7.00. The summed E-state index contributed by atoms with van der Waals surface area (Å²) in [6.07, 6.45) is 2.41. The van der Waals surface area contributed by atoms with Crippen molar-refractivity contribution in [3.8, 4) is 0 Å². The SMILES string of the molecule is COC(C)(C)CCN1CCCN(CCBr)CC1. The van der Waals surface area contributed by atoms with Gasteiger partial charge in [-0.05, 0) is 39.8 Å². The molecule has 0 aromatic rings. The summed E-state index contributed by atoms with van der Waals surface area (Å²) in [6.45, 7) is 11.6. The van der Waals surface area contributed by atoms with Crippen LogP contribution in [-0.4, -0.2) is 67.1 Å². The number of hydrogen-bond acceptors (Lipinski definition) is 3. The van der Waals surface area contributed by atoms with Crippen LogP contribution in [0, 0.1) is 0 Å². The van der Waals surface area contributed by atoms with Crippen LogP contribution >= 0.6 is 15.9 Å². The lowest BCUT2D eigenvalue weighted by Crippen LogP contribution is -2.35. The summed E-state index contributed by atoms with van der Waals surface area (Å²) < 4.78 is 5.48. The summed E-state index contributed by atoms with van der Waals surface area (Å²) in [5.74, 6) is 0. The van der Waals surface area contributed by atoms with Crippen LogP contribution in [0.15, 0.2) is 0 Å². The van der Waals surface area contributed by atoms with Gasteiger partial charge >= 0.3 is 0 Å². The molecule has 1 fully saturated rings. The molecule has 1 aliphatic heterocycles. The molecule has 17 heavy (non-hydrogen) atoms. The Morgan fingerprint density at radius 1 is 1.06 bits per heavy atom. The van der Waals surface area contributed by atoms with E-state index in [0.717, 1.165) is 18.3 Å². The Hall–Kier alpha value is 0.360. The zero-order valence-electron chi connectivity index (χ0n) is 11.5. The lowest BCUT2D eigenvalue weighted by molar-refractivity contribution is 0.00771. The molecule has 0 bridgehead atoms. The van der Waals surface area contributed by atoms with Crippen molar-refractivity contribution in [1.29, 1.82) is 0 Å². The van der Waals surface area contributed by atoms with Crippen LogP contribution in [0.4, 0.5) is 0 Å². The maximum Gasteiger partial charge on any atom is 0.0634 e. The Bertz CT molecular complexity index is 212. The smallest absolute Gasteiger partial charge is 0.0634 e. The molecule has 0 saturated carbocycles. The molecule has 0 atom stereocenters. The summed E-state index contributed by atoms with van der Waals surface area (Å²) in [6, 6.07) is 0. The molecule has 0 N–H and O–H groups in total. The molecule has 1 aliphatic rings. The molecular weight excluding hydrogens is 280 g/mol. The predicted molar refractivity (Wildman–Crippen MR) is 77.0 cm³/mol. The van der Waals surface area contributed by atoms with Gasteiger partial charge in [-0.25, -0.2) is 0 Å². The molecular formula is C13H27BrN2O. The molecule has 0 unspecified atom stereocenters. The minimum atomic E-state index is 0.0157. The molecule has 1 rings (SSSR count). The first kappa shape index (κ1) is 15.4. The zero-order valence-corrected chi connectivity index (χ0v) is 13.1. The van der Waals surface area contributed by atoms with E-state index in [0.29, 0.717) is 0 Å². The van der Waals surface area contributed by atoms with E-state index in [1.54, 1.807) is 7.11 Å². The summed E-state index contributed by atoms with van der Waals surface area (Å²) >= 11 is 3.52. The van der Waals surface area contributed by atoms with Crippen molar-refractivity contribution in [3.63, 3.8) is 0 Å². The fourth-order valence-electron chi connectivity index (χ4n) is 2.12. The second kappa shape index (κ2) is 7.72. The topological polar surface area (TPSA) is 15.7 Å². The maximum absolute atomic E-state index is 5.48. The van der Waals surface area contributed by atoms with E-state index >= 15 is 0 Å². The molecule has 0 radical (unpaired) electrons. The maximum atomic E-state index is 5.48. The highest BCUT2D eigenvalue weighted by Crippen LogP contribution is 2.14. The number of ether oxygens (including phenoxy) is 1. The molecule has 0 aromatic heterocycles. The first-order valence-electron chi connectivity index (χ1n) is 6.63. The first-order chi connectivity index (χ1) is 8.07. The standard InChI is InChI=1S/C13H27BrN2O/c1-13(2,17-3)5-9-15-7-4-8-16(10-6-14)12-11-15/h4-12H2,1-3H3. The second-order valence-corrected chi connectivity index (χ2v) is 6.23. The Balaban J connectivity index is 2.27. The zero-order chi connectivity index (χ0) is 12.7. The van der Waals surface area contributed by atoms with Crippen LogP contribution < -0.4 is 0 Å². The van der Waals surface area contributed by atoms with Gasteiger partial charge in [0, 0.05) is 38.6 Å². The van der Waals surface area contributed by atoms with Crippen molar-refractivity contribution in [3.05, 3.63) is 0 Å². The van der Waals surface area contributed by atoms with Crippen LogP contribution in [-0.2, 0) is 4.74 Å². The number of alkyl halides is 1. The van der Waals surface area contributed by atoms with E-state index in [1.165, 1.54) is 39.1 Å². The van der Waals surface area contributed by atoms with E-state index in [1.807, 2.05) is 0 Å². The van der Waals surface area contributed by atoms with E-state index in [-0.39, 0.29) is 5.60 Å². The molecule has 0 amide bonds. The van der Waals surface area contributed by atoms with Crippen LogP contribution in [0.3, 0.4) is 0 Å². The Morgan fingerprint density at radius 3 is 2.18 bits per heavy atom. The fraction of sp³-hybridized carbons (Fsp3) is 1.00. The lowest BCUT2D eigenvalue weighted by Gasteiger charge is -2.27. The molecule has 3 nitrogen and oxygen atoms in total. The van der Waals surface area contributed by atoms with Gasteiger partial charge < -0.3 is 14.5 Å². The van der Waals surface area contributed by atoms with Gasteiger partial charge in [0.2, 0.25) is 0 Å². The van der Waals surface area contributed by atoms with Crippen molar-refractivity contribution in [1.82, 2.24) is 9.80 Å². The minimum Gasteiger partial charge on any atom is -0.379 e. The number of methoxy groups -OCH3 is 1. The molecule has 0 aromatic carbocycles. The molecule has 102 valence electrons.